The molecule has 2 aliphatic heterocycles. The van der Waals surface area contributed by atoms with E-state index in [9.17, 15) is 22.8 Å². The molecule has 7 nitrogen and oxygen atoms in total. The van der Waals surface area contributed by atoms with Gasteiger partial charge in [0.05, 0.1) is 23.0 Å². The molecule has 0 bridgehead atoms. The van der Waals surface area contributed by atoms with Crippen LogP contribution in [-0.2, 0) is 33.3 Å². The highest BCUT2D eigenvalue weighted by molar-refractivity contribution is 6.35. The molecule has 0 saturated carbocycles. The summed E-state index contributed by atoms with van der Waals surface area (Å²) < 4.78 is 46.9. The van der Waals surface area contributed by atoms with Crippen LogP contribution in [0, 0.1) is 0 Å². The molecule has 12 heteroatoms. The number of piperazine rings is 1. The number of carbonyl (C=O) groups is 2. The number of ether oxygens (including phenoxy) is 1. The normalized spacial score (nSPS) is 17.5. The van der Waals surface area contributed by atoms with Crippen LogP contribution in [0.4, 0.5) is 24.5 Å². The second-order valence-corrected chi connectivity index (χ2v) is 11.6. The van der Waals surface area contributed by atoms with Crippen LogP contribution < -0.4 is 10.2 Å². The molecule has 2 amide bonds. The quantitative estimate of drug-likeness (QED) is 0.355. The number of nitrogens with zero attached hydrogens (tertiary/aromatic N) is 3. The first kappa shape index (κ1) is 32.2. The third-order valence-electron chi connectivity index (χ3n) is 8.05. The lowest BCUT2D eigenvalue weighted by atomic mass is 9.99. The third kappa shape index (κ3) is 7.26. The third-order valence-corrected chi connectivity index (χ3v) is 8.64. The molecule has 2 unspecified atom stereocenters. The van der Waals surface area contributed by atoms with Crippen molar-refractivity contribution in [2.45, 2.75) is 57.9 Å². The Kier molecular flexibility index (Phi) is 10.5. The average molecular weight is 630 g/mol. The summed E-state index contributed by atoms with van der Waals surface area (Å²) in [6, 6.07) is 7.06. The van der Waals surface area contributed by atoms with Crippen LogP contribution in [0.1, 0.15) is 43.4 Å². The smallest absolute Gasteiger partial charge is 0.381 e. The number of benzene rings is 2. The molecule has 2 atom stereocenters. The number of carbonyl (C=O) groups excluding carboxylic acids is 2. The number of amides is 2. The maximum absolute atomic E-state index is 13.9. The number of hydrogen-bond donors (Lipinski definition) is 1. The fourth-order valence-corrected chi connectivity index (χ4v) is 6.15. The van der Waals surface area contributed by atoms with Crippen molar-refractivity contribution in [3.8, 4) is 0 Å². The van der Waals surface area contributed by atoms with Gasteiger partial charge in [0.2, 0.25) is 11.8 Å². The van der Waals surface area contributed by atoms with E-state index in [1.54, 1.807) is 42.0 Å². The number of anilines is 2. The van der Waals surface area contributed by atoms with Gasteiger partial charge in [0.25, 0.3) is 0 Å². The van der Waals surface area contributed by atoms with E-state index in [1.165, 1.54) is 6.07 Å². The highest BCUT2D eigenvalue weighted by atomic mass is 35.5. The maximum Gasteiger partial charge on any atom is 0.416 e. The molecule has 0 aromatic heterocycles. The van der Waals surface area contributed by atoms with E-state index in [4.69, 9.17) is 27.9 Å². The van der Waals surface area contributed by atoms with Gasteiger partial charge in [-0.15, -0.1) is 0 Å². The Morgan fingerprint density at radius 2 is 1.81 bits per heavy atom. The molecule has 230 valence electrons. The van der Waals surface area contributed by atoms with Gasteiger partial charge in [0.1, 0.15) is 6.04 Å². The number of alkyl halides is 3. The van der Waals surface area contributed by atoms with Crippen LogP contribution >= 0.6 is 23.2 Å². The van der Waals surface area contributed by atoms with Gasteiger partial charge in [-0.25, -0.2) is 0 Å². The monoisotopic (exact) mass is 628 g/mol. The van der Waals surface area contributed by atoms with Crippen LogP contribution in [0.25, 0.3) is 0 Å². The minimum absolute atomic E-state index is 0.0603. The predicted molar refractivity (Wildman–Crippen MR) is 159 cm³/mol. The molecule has 1 N–H and O–H groups in total. The van der Waals surface area contributed by atoms with Crippen LogP contribution in [-0.4, -0.2) is 80.1 Å². The molecular formula is C30H37Cl2F3N4O3. The zero-order valence-electron chi connectivity index (χ0n) is 24.1. The van der Waals surface area contributed by atoms with Gasteiger partial charge >= 0.3 is 6.18 Å². The van der Waals surface area contributed by atoms with Crippen molar-refractivity contribution >= 4 is 46.4 Å². The second-order valence-electron chi connectivity index (χ2n) is 10.7. The summed E-state index contributed by atoms with van der Waals surface area (Å²) in [5.74, 6) is -0.222. The van der Waals surface area contributed by atoms with E-state index in [0.717, 1.165) is 11.6 Å². The van der Waals surface area contributed by atoms with E-state index < -0.39 is 17.8 Å². The Hall–Kier alpha value is -2.69. The minimum atomic E-state index is -4.48. The van der Waals surface area contributed by atoms with Crippen molar-refractivity contribution in [3.63, 3.8) is 0 Å². The lowest BCUT2D eigenvalue weighted by Crippen LogP contribution is -2.56. The highest BCUT2D eigenvalue weighted by Crippen LogP contribution is 2.40. The standard InChI is InChI=1S/C30H37Cl2F3N4O3/c1-4-22-23(30(33,34)35)9-10-25(28(22)36-18-19(2)42-3)37-12-14-38(15-13-37)29(41)26(39-11-5-6-27(39)40)16-20-7-8-21(31)17-24(20)32/h7-10,17,19,26,36H,4-6,11-16,18H2,1-3H3. The first-order valence-electron chi connectivity index (χ1n) is 14.2. The van der Waals surface area contributed by atoms with E-state index in [1.807, 2.05) is 11.8 Å². The van der Waals surface area contributed by atoms with Gasteiger partial charge in [-0.1, -0.05) is 36.2 Å². The predicted octanol–water partition coefficient (Wildman–Crippen LogP) is 5.90. The van der Waals surface area contributed by atoms with Gasteiger partial charge in [0.15, 0.2) is 0 Å². The fourth-order valence-electron chi connectivity index (χ4n) is 5.66. The molecule has 0 aliphatic carbocycles. The Morgan fingerprint density at radius 1 is 1.10 bits per heavy atom. The lowest BCUT2D eigenvalue weighted by molar-refractivity contribution is -0.143. The first-order valence-corrected chi connectivity index (χ1v) is 15.0. The summed E-state index contributed by atoms with van der Waals surface area (Å²) >= 11 is 12.5. The summed E-state index contributed by atoms with van der Waals surface area (Å²) in [6.45, 7) is 5.98. The number of hydrogen-bond acceptors (Lipinski definition) is 5. The zero-order chi connectivity index (χ0) is 30.6. The van der Waals surface area contributed by atoms with Crippen molar-refractivity contribution in [3.05, 3.63) is 57.1 Å². The van der Waals surface area contributed by atoms with Crippen LogP contribution in [0.3, 0.4) is 0 Å². The van der Waals surface area contributed by atoms with Crippen molar-refractivity contribution in [1.82, 2.24) is 9.80 Å². The van der Waals surface area contributed by atoms with Gasteiger partial charge in [-0.2, -0.15) is 13.2 Å². The molecule has 2 heterocycles. The van der Waals surface area contributed by atoms with Crippen LogP contribution in [0.15, 0.2) is 30.3 Å². The molecule has 0 radical (unpaired) electrons. The summed E-state index contributed by atoms with van der Waals surface area (Å²) in [6.07, 6.45) is -3.12. The molecule has 2 fully saturated rings. The molecular weight excluding hydrogens is 592 g/mol. The Morgan fingerprint density at radius 3 is 2.38 bits per heavy atom. The molecule has 42 heavy (non-hydrogen) atoms. The number of halogens is 5. The molecule has 2 aromatic carbocycles. The van der Waals surface area contributed by atoms with E-state index in [0.29, 0.717) is 73.5 Å². The van der Waals surface area contributed by atoms with Gasteiger partial charge < -0.3 is 24.8 Å². The van der Waals surface area contributed by atoms with Crippen molar-refractivity contribution in [2.24, 2.45) is 0 Å². The van der Waals surface area contributed by atoms with Gasteiger partial charge in [-0.05, 0) is 55.2 Å². The summed E-state index contributed by atoms with van der Waals surface area (Å²) in [4.78, 5) is 32.0. The Labute approximate surface area is 254 Å². The van der Waals surface area contributed by atoms with Crippen molar-refractivity contribution < 1.29 is 27.5 Å². The minimum Gasteiger partial charge on any atom is -0.381 e. The van der Waals surface area contributed by atoms with Crippen LogP contribution in [0.2, 0.25) is 10.0 Å². The Bertz CT molecular complexity index is 1290. The molecule has 2 aromatic rings. The number of rotatable bonds is 10. The topological polar surface area (TPSA) is 65.1 Å². The average Bonchev–Trinajstić information content (AvgIpc) is 3.39. The summed E-state index contributed by atoms with van der Waals surface area (Å²) in [5, 5.41) is 4.14. The zero-order valence-corrected chi connectivity index (χ0v) is 25.6. The summed E-state index contributed by atoms with van der Waals surface area (Å²) in [7, 11) is 1.56. The summed E-state index contributed by atoms with van der Waals surface area (Å²) in [5.41, 5.74) is 1.38. The lowest BCUT2D eigenvalue weighted by Gasteiger charge is -2.40. The van der Waals surface area contributed by atoms with E-state index in [2.05, 4.69) is 5.32 Å². The SMILES string of the molecule is CCc1c(C(F)(F)F)ccc(N2CCN(C(=O)C(Cc3ccc(Cl)cc3Cl)N3CCCC3=O)CC2)c1NCC(C)OC. The van der Waals surface area contributed by atoms with Crippen molar-refractivity contribution in [1.29, 1.82) is 0 Å². The molecule has 2 aliphatic rings. The highest BCUT2D eigenvalue weighted by Gasteiger charge is 2.38. The van der Waals surface area contributed by atoms with E-state index >= 15 is 0 Å². The Balaban J connectivity index is 1.55. The number of likely N-dealkylation sites (tertiary alicyclic amines) is 1. The van der Waals surface area contributed by atoms with Crippen molar-refractivity contribution in [2.75, 3.05) is 56.6 Å². The van der Waals surface area contributed by atoms with Gasteiger partial charge in [-0.3, -0.25) is 9.59 Å². The molecule has 0 spiro atoms. The fraction of sp³-hybridized carbons (Fsp3) is 0.533. The first-order chi connectivity index (χ1) is 19.9. The second kappa shape index (κ2) is 13.7. The van der Waals surface area contributed by atoms with Crippen LogP contribution in [0.5, 0.6) is 0 Å². The van der Waals surface area contributed by atoms with E-state index in [-0.39, 0.29) is 36.3 Å². The number of methoxy groups -OCH3 is 1. The number of nitrogens with one attached hydrogen (secondary N) is 1. The molecule has 2 saturated heterocycles. The maximum atomic E-state index is 13.9. The molecule has 4 rings (SSSR count). The van der Waals surface area contributed by atoms with Gasteiger partial charge in [0, 0.05) is 69.3 Å². The largest absolute Gasteiger partial charge is 0.416 e.